The van der Waals surface area contributed by atoms with E-state index < -0.39 is 105 Å². The van der Waals surface area contributed by atoms with Gasteiger partial charge in [-0.15, -0.1) is 0 Å². The Morgan fingerprint density at radius 2 is 1.10 bits per heavy atom. The van der Waals surface area contributed by atoms with Crippen LogP contribution >= 0.6 is 0 Å². The molecule has 0 aromatic rings. The quantitative estimate of drug-likeness (QED) is 0.153. The SMILES string of the molecule is CCCCC[C@@H]1CCCCCCCCCC(=O)O[C@H]2[C@H](O[C@H]3[C@H](O[C@H]4[C@H](O1)O[C@H](C)[C@H](O)[C@@H]4O)O[C@H](CO)[C@@H](O)[C@@H]3O)O[C@H](C)[C@@H](O)[C@@H]2O. The first-order valence-electron chi connectivity index (χ1n) is 18.3. The standard InChI is InChI=1S/C34H60O15/c1-4-5-11-14-20-15-12-9-7-6-8-10-13-16-22(36)47-29-26(40)23(37)19(3)44-33(29)48-31-28(42)25(39)21(17-35)46-34(31)49-30-27(41)24(38)18(2)43-32(30)45-20/h18-21,23-35,37-42H,4-17H2,1-3H3/t18-,19-,20-,21-,23-,24+,25-,26+,27+,28+,29-,30-,31-,32+,33+,34+/m1/s1. The summed E-state index contributed by atoms with van der Waals surface area (Å²) in [5, 5.41) is 75.6. The normalized spacial score (nSPS) is 45.6. The van der Waals surface area contributed by atoms with Crippen molar-refractivity contribution in [3.05, 3.63) is 0 Å². The maximum atomic E-state index is 12.9. The molecule has 4 rings (SSSR count). The van der Waals surface area contributed by atoms with Crippen LogP contribution in [-0.4, -0.2) is 147 Å². The molecule has 286 valence electrons. The van der Waals surface area contributed by atoms with Crippen molar-refractivity contribution in [1.29, 1.82) is 0 Å². The average molecular weight is 709 g/mol. The second kappa shape index (κ2) is 19.7. The number of hydrogen-bond acceptors (Lipinski definition) is 15. The first-order valence-corrected chi connectivity index (χ1v) is 18.3. The molecule has 0 spiro atoms. The molecule has 15 heteroatoms. The van der Waals surface area contributed by atoms with Crippen LogP contribution in [0.3, 0.4) is 0 Å². The lowest BCUT2D eigenvalue weighted by atomic mass is 9.96. The number of rotatable bonds is 5. The van der Waals surface area contributed by atoms with Gasteiger partial charge in [0.1, 0.15) is 54.9 Å². The van der Waals surface area contributed by atoms with Crippen molar-refractivity contribution >= 4 is 5.97 Å². The summed E-state index contributed by atoms with van der Waals surface area (Å²) in [7, 11) is 0. The number of hydrogen-bond donors (Lipinski definition) is 7. The van der Waals surface area contributed by atoms with E-state index in [4.69, 9.17) is 33.2 Å². The number of unbranched alkanes of at least 4 members (excludes halogenated alkanes) is 2. The summed E-state index contributed by atoms with van der Waals surface area (Å²) in [6, 6.07) is 0. The van der Waals surface area contributed by atoms with Gasteiger partial charge in [-0.2, -0.15) is 0 Å². The highest BCUT2D eigenvalue weighted by molar-refractivity contribution is 5.69. The molecule has 0 saturated carbocycles. The summed E-state index contributed by atoms with van der Waals surface area (Å²) >= 11 is 0. The molecule has 4 fully saturated rings. The Morgan fingerprint density at radius 1 is 0.592 bits per heavy atom. The summed E-state index contributed by atoms with van der Waals surface area (Å²) < 4.78 is 42.1. The largest absolute Gasteiger partial charge is 0.454 e. The van der Waals surface area contributed by atoms with Gasteiger partial charge in [0.2, 0.25) is 0 Å². The van der Waals surface area contributed by atoms with E-state index in [1.54, 1.807) is 6.92 Å². The van der Waals surface area contributed by atoms with E-state index in [1.807, 2.05) is 0 Å². The van der Waals surface area contributed by atoms with Crippen LogP contribution in [0.25, 0.3) is 0 Å². The van der Waals surface area contributed by atoms with Crippen LogP contribution in [0.15, 0.2) is 0 Å². The maximum Gasteiger partial charge on any atom is 0.306 e. The molecule has 0 amide bonds. The molecule has 49 heavy (non-hydrogen) atoms. The lowest BCUT2D eigenvalue weighted by Crippen LogP contribution is -2.66. The number of fused-ring (bicyclic) bond motifs is 3. The third kappa shape index (κ3) is 10.7. The molecule has 4 aliphatic heterocycles. The van der Waals surface area contributed by atoms with Crippen LogP contribution in [0, 0.1) is 0 Å². The number of esters is 1. The summed E-state index contributed by atoms with van der Waals surface area (Å²) in [5.74, 6) is -0.637. The van der Waals surface area contributed by atoms with Gasteiger partial charge >= 0.3 is 5.97 Å². The molecule has 0 aromatic carbocycles. The van der Waals surface area contributed by atoms with Crippen molar-refractivity contribution in [3.63, 3.8) is 0 Å². The van der Waals surface area contributed by atoms with Gasteiger partial charge in [-0.25, -0.2) is 0 Å². The fourth-order valence-corrected chi connectivity index (χ4v) is 6.94. The molecule has 0 aromatic heterocycles. The topological polar surface area (TPSA) is 223 Å². The lowest BCUT2D eigenvalue weighted by molar-refractivity contribution is -0.393. The van der Waals surface area contributed by atoms with Gasteiger partial charge in [0.05, 0.1) is 24.9 Å². The van der Waals surface area contributed by atoms with Gasteiger partial charge in [-0.3, -0.25) is 4.79 Å². The zero-order valence-corrected chi connectivity index (χ0v) is 29.0. The molecular formula is C34H60O15. The molecule has 4 saturated heterocycles. The number of carbonyl (C=O) groups is 1. The van der Waals surface area contributed by atoms with Crippen molar-refractivity contribution in [2.24, 2.45) is 0 Å². The molecule has 0 radical (unpaired) electrons. The first kappa shape index (κ1) is 40.7. The van der Waals surface area contributed by atoms with Gasteiger partial charge < -0.3 is 68.9 Å². The van der Waals surface area contributed by atoms with E-state index in [-0.39, 0.29) is 12.5 Å². The zero-order chi connectivity index (χ0) is 35.7. The first-order chi connectivity index (χ1) is 23.5. The van der Waals surface area contributed by atoms with Crippen LogP contribution in [0.1, 0.15) is 104 Å². The van der Waals surface area contributed by atoms with Crippen LogP contribution < -0.4 is 0 Å². The van der Waals surface area contributed by atoms with E-state index in [2.05, 4.69) is 6.92 Å². The molecular weight excluding hydrogens is 648 g/mol. The Balaban J connectivity index is 1.67. The van der Waals surface area contributed by atoms with Crippen molar-refractivity contribution in [3.8, 4) is 0 Å². The van der Waals surface area contributed by atoms with Gasteiger partial charge in [0, 0.05) is 6.42 Å². The molecule has 7 N–H and O–H groups in total. The summed E-state index contributed by atoms with van der Waals surface area (Å²) in [4.78, 5) is 12.9. The highest BCUT2D eigenvalue weighted by atomic mass is 16.8. The molecule has 4 aliphatic rings. The molecule has 4 heterocycles. The van der Waals surface area contributed by atoms with E-state index in [0.29, 0.717) is 6.42 Å². The minimum Gasteiger partial charge on any atom is -0.454 e. The fourth-order valence-electron chi connectivity index (χ4n) is 6.94. The molecule has 0 bridgehead atoms. The Hall–Kier alpha value is -1.05. The summed E-state index contributed by atoms with van der Waals surface area (Å²) in [5.41, 5.74) is 0. The van der Waals surface area contributed by atoms with E-state index in [0.717, 1.165) is 70.6 Å². The van der Waals surface area contributed by atoms with Gasteiger partial charge in [0.15, 0.2) is 25.0 Å². The third-order valence-electron chi connectivity index (χ3n) is 10.1. The van der Waals surface area contributed by atoms with E-state index >= 15 is 0 Å². The van der Waals surface area contributed by atoms with Gasteiger partial charge in [0.25, 0.3) is 0 Å². The molecule has 0 unspecified atom stereocenters. The predicted octanol–water partition coefficient (Wildman–Crippen LogP) is 0.531. The molecule has 0 aliphatic carbocycles. The average Bonchev–Trinajstić information content (AvgIpc) is 3.07. The Morgan fingerprint density at radius 3 is 1.69 bits per heavy atom. The minimum absolute atomic E-state index is 0.0673. The highest BCUT2D eigenvalue weighted by Crippen LogP contribution is 2.35. The van der Waals surface area contributed by atoms with Gasteiger partial charge in [-0.1, -0.05) is 64.7 Å². The second-order valence-corrected chi connectivity index (χ2v) is 14.0. The highest BCUT2D eigenvalue weighted by Gasteiger charge is 2.54. The van der Waals surface area contributed by atoms with Crippen molar-refractivity contribution in [2.45, 2.75) is 202 Å². The number of carbonyl (C=O) groups excluding carboxylic acids is 1. The van der Waals surface area contributed by atoms with Crippen LogP contribution in [-0.2, 0) is 38.0 Å². The van der Waals surface area contributed by atoms with E-state index in [9.17, 15) is 40.5 Å². The van der Waals surface area contributed by atoms with Gasteiger partial charge in [-0.05, 0) is 33.1 Å². The van der Waals surface area contributed by atoms with Crippen molar-refractivity contribution in [2.75, 3.05) is 6.61 Å². The minimum atomic E-state index is -1.77. The van der Waals surface area contributed by atoms with Crippen LogP contribution in [0.5, 0.6) is 0 Å². The lowest BCUT2D eigenvalue weighted by Gasteiger charge is -2.48. The number of aliphatic hydroxyl groups excluding tert-OH is 7. The number of ether oxygens (including phenoxy) is 7. The van der Waals surface area contributed by atoms with Crippen molar-refractivity contribution in [1.82, 2.24) is 0 Å². The van der Waals surface area contributed by atoms with Crippen LogP contribution in [0.4, 0.5) is 0 Å². The van der Waals surface area contributed by atoms with Crippen LogP contribution in [0.2, 0.25) is 0 Å². The summed E-state index contributed by atoms with van der Waals surface area (Å²) in [6.45, 7) is 4.48. The molecule has 16 atom stereocenters. The smallest absolute Gasteiger partial charge is 0.306 e. The van der Waals surface area contributed by atoms with E-state index in [1.165, 1.54) is 6.92 Å². The van der Waals surface area contributed by atoms with Crippen molar-refractivity contribution < 1.29 is 73.7 Å². The Kier molecular flexibility index (Phi) is 16.4. The fraction of sp³-hybridized carbons (Fsp3) is 0.971. The Bertz CT molecular complexity index is 974. The number of aliphatic hydroxyl groups is 7. The second-order valence-electron chi connectivity index (χ2n) is 14.0. The predicted molar refractivity (Wildman–Crippen MR) is 171 cm³/mol. The monoisotopic (exact) mass is 708 g/mol. The maximum absolute atomic E-state index is 12.9. The molecule has 15 nitrogen and oxygen atoms in total. The summed E-state index contributed by atoms with van der Waals surface area (Å²) in [6.07, 6.45) is -11.0. The third-order valence-corrected chi connectivity index (χ3v) is 10.1. The Labute approximate surface area is 288 Å². The zero-order valence-electron chi connectivity index (χ0n) is 29.0.